The fourth-order valence-electron chi connectivity index (χ4n) is 3.15. The molecule has 2 aromatic rings. The minimum absolute atomic E-state index is 0.0737. The third-order valence-electron chi connectivity index (χ3n) is 4.81. The number of hydrogen-bond donors (Lipinski definition) is 1. The molecule has 140 valence electrons. The van der Waals surface area contributed by atoms with Crippen molar-refractivity contribution < 1.29 is 9.21 Å². The van der Waals surface area contributed by atoms with Crippen molar-refractivity contribution in [2.24, 2.45) is 0 Å². The molecule has 7 nitrogen and oxygen atoms in total. The lowest BCUT2D eigenvalue weighted by Gasteiger charge is -2.27. The monoisotopic (exact) mass is 375 g/mol. The van der Waals surface area contributed by atoms with Gasteiger partial charge in [0.25, 0.3) is 0 Å². The van der Waals surface area contributed by atoms with Gasteiger partial charge in [-0.3, -0.25) is 9.36 Å². The van der Waals surface area contributed by atoms with E-state index in [1.165, 1.54) is 31.0 Å². The molecule has 8 heteroatoms. The first-order chi connectivity index (χ1) is 12.7. The minimum atomic E-state index is -0.204. The molecule has 0 bridgehead atoms. The molecule has 2 aromatic heterocycles. The number of nitrogens with one attached hydrogen (secondary N) is 1. The molecule has 2 fully saturated rings. The molecule has 26 heavy (non-hydrogen) atoms. The van der Waals surface area contributed by atoms with E-state index >= 15 is 0 Å². The van der Waals surface area contributed by atoms with Crippen molar-refractivity contribution in [2.75, 3.05) is 18.0 Å². The van der Waals surface area contributed by atoms with Crippen LogP contribution >= 0.6 is 11.8 Å². The maximum absolute atomic E-state index is 12.3. The Balaban J connectivity index is 1.54. The van der Waals surface area contributed by atoms with Crippen LogP contribution < -0.4 is 10.2 Å². The zero-order chi connectivity index (χ0) is 17.9. The third kappa shape index (κ3) is 4.06. The Morgan fingerprint density at radius 1 is 1.35 bits per heavy atom. The quantitative estimate of drug-likeness (QED) is 0.750. The van der Waals surface area contributed by atoms with Gasteiger partial charge in [-0.25, -0.2) is 0 Å². The van der Waals surface area contributed by atoms with Crippen LogP contribution in [0.5, 0.6) is 0 Å². The van der Waals surface area contributed by atoms with E-state index in [-0.39, 0.29) is 11.2 Å². The molecule has 3 heterocycles. The van der Waals surface area contributed by atoms with Crippen molar-refractivity contribution in [3.63, 3.8) is 0 Å². The van der Waals surface area contributed by atoms with Crippen molar-refractivity contribution in [2.45, 2.75) is 62.0 Å². The van der Waals surface area contributed by atoms with Crippen LogP contribution in [0.1, 0.15) is 44.8 Å². The molecule has 4 rings (SSSR count). The SMILES string of the molecule is CC(Sc1nnc(N2CCCCC2)n1Cc1ccco1)C(=O)NC1CC1. The first-order valence-corrected chi connectivity index (χ1v) is 10.3. The number of furan rings is 1. The smallest absolute Gasteiger partial charge is 0.233 e. The number of rotatable bonds is 7. The summed E-state index contributed by atoms with van der Waals surface area (Å²) in [6, 6.07) is 4.21. The summed E-state index contributed by atoms with van der Waals surface area (Å²) in [4.78, 5) is 14.6. The largest absolute Gasteiger partial charge is 0.467 e. The zero-order valence-corrected chi connectivity index (χ0v) is 15.9. The number of anilines is 1. The number of amides is 1. The summed E-state index contributed by atoms with van der Waals surface area (Å²) < 4.78 is 7.61. The molecule has 2 aliphatic rings. The van der Waals surface area contributed by atoms with Gasteiger partial charge in [0, 0.05) is 19.1 Å². The summed E-state index contributed by atoms with van der Waals surface area (Å²) in [7, 11) is 0. The average Bonchev–Trinajstić information content (AvgIpc) is 3.16. The number of hydrogen-bond acceptors (Lipinski definition) is 6. The Kier molecular flexibility index (Phi) is 5.19. The predicted octanol–water partition coefficient (Wildman–Crippen LogP) is 2.67. The summed E-state index contributed by atoms with van der Waals surface area (Å²) in [5.41, 5.74) is 0. The van der Waals surface area contributed by atoms with Crippen LogP contribution in [0.2, 0.25) is 0 Å². The minimum Gasteiger partial charge on any atom is -0.467 e. The van der Waals surface area contributed by atoms with Crippen LogP contribution in [-0.4, -0.2) is 45.1 Å². The van der Waals surface area contributed by atoms with Gasteiger partial charge in [0.1, 0.15) is 5.76 Å². The number of piperidine rings is 1. The molecule has 1 aliphatic carbocycles. The van der Waals surface area contributed by atoms with Crippen LogP contribution in [0.4, 0.5) is 5.95 Å². The van der Waals surface area contributed by atoms with Gasteiger partial charge in [-0.15, -0.1) is 10.2 Å². The number of nitrogens with zero attached hydrogens (tertiary/aromatic N) is 4. The Morgan fingerprint density at radius 3 is 2.85 bits per heavy atom. The van der Waals surface area contributed by atoms with E-state index in [1.54, 1.807) is 6.26 Å². The van der Waals surface area contributed by atoms with E-state index in [0.717, 1.165) is 42.8 Å². The summed E-state index contributed by atoms with van der Waals surface area (Å²) in [5.74, 6) is 1.81. The number of carbonyl (C=O) groups is 1. The number of aromatic nitrogens is 3. The first-order valence-electron chi connectivity index (χ1n) is 9.38. The van der Waals surface area contributed by atoms with Gasteiger partial charge in [-0.05, 0) is 51.2 Å². The van der Waals surface area contributed by atoms with Gasteiger partial charge in [-0.2, -0.15) is 0 Å². The molecule has 1 saturated carbocycles. The Hall–Kier alpha value is -1.96. The summed E-state index contributed by atoms with van der Waals surface area (Å²) in [6.45, 7) is 4.50. The lowest BCUT2D eigenvalue weighted by atomic mass is 10.1. The van der Waals surface area contributed by atoms with E-state index in [9.17, 15) is 4.79 Å². The summed E-state index contributed by atoms with van der Waals surface area (Å²) >= 11 is 1.46. The van der Waals surface area contributed by atoms with Crippen molar-refractivity contribution in [3.05, 3.63) is 24.2 Å². The van der Waals surface area contributed by atoms with Gasteiger partial charge in [0.2, 0.25) is 11.9 Å². The number of thioether (sulfide) groups is 1. The molecular weight excluding hydrogens is 350 g/mol. The third-order valence-corrected chi connectivity index (χ3v) is 5.89. The molecule has 0 radical (unpaired) electrons. The fourth-order valence-corrected chi connectivity index (χ4v) is 4.00. The van der Waals surface area contributed by atoms with E-state index in [4.69, 9.17) is 4.42 Å². The predicted molar refractivity (Wildman–Crippen MR) is 100 cm³/mol. The van der Waals surface area contributed by atoms with Crippen molar-refractivity contribution in [1.29, 1.82) is 0 Å². The highest BCUT2D eigenvalue weighted by molar-refractivity contribution is 8.00. The molecule has 1 N–H and O–H groups in total. The average molecular weight is 375 g/mol. The highest BCUT2D eigenvalue weighted by Gasteiger charge is 2.28. The van der Waals surface area contributed by atoms with Crippen molar-refractivity contribution in [3.8, 4) is 0 Å². The zero-order valence-electron chi connectivity index (χ0n) is 15.1. The first kappa shape index (κ1) is 17.5. The molecule has 1 atom stereocenters. The summed E-state index contributed by atoms with van der Waals surface area (Å²) in [5, 5.41) is 12.5. The number of carbonyl (C=O) groups excluding carboxylic acids is 1. The normalized spacial score (nSPS) is 18.7. The van der Waals surface area contributed by atoms with Crippen LogP contribution in [0.15, 0.2) is 28.0 Å². The molecule has 1 unspecified atom stereocenters. The molecule has 0 aromatic carbocycles. The standard InChI is InChI=1S/C18H25N5O2S/c1-13(16(24)19-14-7-8-14)26-18-21-20-17(22-9-3-2-4-10-22)23(18)12-15-6-5-11-25-15/h5-6,11,13-14H,2-4,7-10,12H2,1H3,(H,19,24). The van der Waals surface area contributed by atoms with Crippen LogP contribution in [0, 0.1) is 0 Å². The van der Waals surface area contributed by atoms with E-state index in [1.807, 2.05) is 19.1 Å². The summed E-state index contributed by atoms with van der Waals surface area (Å²) in [6.07, 6.45) is 7.49. The van der Waals surface area contributed by atoms with Crippen LogP contribution in [0.3, 0.4) is 0 Å². The maximum Gasteiger partial charge on any atom is 0.233 e. The van der Waals surface area contributed by atoms with Crippen LogP contribution in [-0.2, 0) is 11.3 Å². The molecule has 1 aliphatic heterocycles. The molecule has 1 amide bonds. The van der Waals surface area contributed by atoms with Crippen molar-refractivity contribution in [1.82, 2.24) is 20.1 Å². The Labute approximate surface area is 157 Å². The molecular formula is C18H25N5O2S. The van der Waals surface area contributed by atoms with Gasteiger partial charge >= 0.3 is 0 Å². The Bertz CT molecular complexity index is 735. The van der Waals surface area contributed by atoms with E-state index in [0.29, 0.717) is 12.6 Å². The van der Waals surface area contributed by atoms with Crippen molar-refractivity contribution >= 4 is 23.6 Å². The van der Waals surface area contributed by atoms with Gasteiger partial charge < -0.3 is 14.6 Å². The van der Waals surface area contributed by atoms with E-state index < -0.39 is 0 Å². The highest BCUT2D eigenvalue weighted by Crippen LogP contribution is 2.29. The highest BCUT2D eigenvalue weighted by atomic mass is 32.2. The van der Waals surface area contributed by atoms with Gasteiger partial charge in [0.05, 0.1) is 18.1 Å². The molecule has 1 saturated heterocycles. The second-order valence-corrected chi connectivity index (χ2v) is 8.35. The lowest BCUT2D eigenvalue weighted by molar-refractivity contribution is -0.120. The van der Waals surface area contributed by atoms with E-state index in [2.05, 4.69) is 25.0 Å². The van der Waals surface area contributed by atoms with Gasteiger partial charge in [-0.1, -0.05) is 11.8 Å². The van der Waals surface area contributed by atoms with Gasteiger partial charge in [0.15, 0.2) is 5.16 Å². The lowest BCUT2D eigenvalue weighted by Crippen LogP contribution is -2.33. The Morgan fingerprint density at radius 2 is 2.15 bits per heavy atom. The maximum atomic E-state index is 12.3. The second-order valence-electron chi connectivity index (χ2n) is 7.04. The van der Waals surface area contributed by atoms with Crippen LogP contribution in [0.25, 0.3) is 0 Å². The fraction of sp³-hybridized carbons (Fsp3) is 0.611. The second kappa shape index (κ2) is 7.73. The molecule has 0 spiro atoms. The topological polar surface area (TPSA) is 76.2 Å².